The summed E-state index contributed by atoms with van der Waals surface area (Å²) in [4.78, 5) is 0. The van der Waals surface area contributed by atoms with Crippen LogP contribution in [0.25, 0.3) is 0 Å². The molecule has 1 aliphatic rings. The van der Waals surface area contributed by atoms with Crippen LogP contribution < -0.4 is 5.32 Å². The van der Waals surface area contributed by atoms with Gasteiger partial charge in [0.2, 0.25) is 0 Å². The molecular formula is C14H18N4. The van der Waals surface area contributed by atoms with Crippen LogP contribution in [0.4, 0.5) is 5.69 Å². The Balaban J connectivity index is 1.90. The van der Waals surface area contributed by atoms with Gasteiger partial charge in [-0.3, -0.25) is 0 Å². The number of rotatable bonds is 2. The maximum absolute atomic E-state index is 4.31. The number of nitrogens with zero attached hydrogens (tertiary/aromatic N) is 3. The highest BCUT2D eigenvalue weighted by Gasteiger charge is 2.24. The third kappa shape index (κ3) is 1.88. The third-order valence-electron chi connectivity index (χ3n) is 3.54. The van der Waals surface area contributed by atoms with E-state index < -0.39 is 0 Å². The molecule has 0 saturated carbocycles. The summed E-state index contributed by atoms with van der Waals surface area (Å²) in [6, 6.07) is 8.90. The second-order valence-corrected chi connectivity index (χ2v) is 5.13. The fourth-order valence-electron chi connectivity index (χ4n) is 2.57. The van der Waals surface area contributed by atoms with E-state index in [0.717, 1.165) is 18.8 Å². The van der Waals surface area contributed by atoms with Crippen LogP contribution in [-0.2, 0) is 6.42 Å². The van der Waals surface area contributed by atoms with E-state index in [9.17, 15) is 0 Å². The van der Waals surface area contributed by atoms with E-state index in [-0.39, 0.29) is 0 Å². The summed E-state index contributed by atoms with van der Waals surface area (Å²) in [5, 5.41) is 11.9. The van der Waals surface area contributed by atoms with E-state index in [1.165, 1.54) is 11.3 Å². The Hall–Kier alpha value is -1.84. The van der Waals surface area contributed by atoms with Gasteiger partial charge in [0.05, 0.1) is 0 Å². The SMILES string of the molecule is CC(C)n1cnnc1C1CNc2ccccc2C1. The van der Waals surface area contributed by atoms with Crippen molar-refractivity contribution in [1.29, 1.82) is 0 Å². The summed E-state index contributed by atoms with van der Waals surface area (Å²) in [6.07, 6.45) is 2.87. The number of hydrogen-bond acceptors (Lipinski definition) is 3. The van der Waals surface area contributed by atoms with Crippen molar-refractivity contribution in [2.75, 3.05) is 11.9 Å². The lowest BCUT2D eigenvalue weighted by Gasteiger charge is -2.26. The Bertz CT molecular complexity index is 544. The van der Waals surface area contributed by atoms with E-state index in [1.54, 1.807) is 0 Å². The van der Waals surface area contributed by atoms with Gasteiger partial charge in [0.25, 0.3) is 0 Å². The third-order valence-corrected chi connectivity index (χ3v) is 3.54. The summed E-state index contributed by atoms with van der Waals surface area (Å²) >= 11 is 0. The Morgan fingerprint density at radius 2 is 2.17 bits per heavy atom. The largest absolute Gasteiger partial charge is 0.384 e. The molecule has 1 aromatic carbocycles. The van der Waals surface area contributed by atoms with E-state index >= 15 is 0 Å². The number of para-hydroxylation sites is 1. The van der Waals surface area contributed by atoms with Crippen molar-refractivity contribution in [1.82, 2.24) is 14.8 Å². The topological polar surface area (TPSA) is 42.7 Å². The van der Waals surface area contributed by atoms with Gasteiger partial charge in [-0.15, -0.1) is 10.2 Å². The molecule has 0 radical (unpaired) electrons. The average molecular weight is 242 g/mol. The fraction of sp³-hybridized carbons (Fsp3) is 0.429. The molecule has 3 rings (SSSR count). The first-order chi connectivity index (χ1) is 8.75. The minimum Gasteiger partial charge on any atom is -0.384 e. The van der Waals surface area contributed by atoms with Crippen molar-refractivity contribution in [2.45, 2.75) is 32.2 Å². The van der Waals surface area contributed by atoms with Crippen LogP contribution in [0.15, 0.2) is 30.6 Å². The van der Waals surface area contributed by atoms with Crippen molar-refractivity contribution in [3.05, 3.63) is 42.0 Å². The first-order valence-electron chi connectivity index (χ1n) is 6.47. The molecule has 0 amide bonds. The number of nitrogens with one attached hydrogen (secondary N) is 1. The monoisotopic (exact) mass is 242 g/mol. The number of anilines is 1. The summed E-state index contributed by atoms with van der Waals surface area (Å²) < 4.78 is 2.17. The molecule has 94 valence electrons. The Labute approximate surface area is 107 Å². The molecule has 0 aliphatic carbocycles. The molecule has 0 fully saturated rings. The smallest absolute Gasteiger partial charge is 0.138 e. The van der Waals surface area contributed by atoms with E-state index in [2.05, 4.69) is 58.2 Å². The van der Waals surface area contributed by atoms with Crippen LogP contribution in [0.2, 0.25) is 0 Å². The van der Waals surface area contributed by atoms with Gasteiger partial charge in [-0.05, 0) is 31.9 Å². The van der Waals surface area contributed by atoms with E-state index in [1.807, 2.05) is 6.33 Å². The maximum atomic E-state index is 4.31. The van der Waals surface area contributed by atoms with E-state index in [4.69, 9.17) is 0 Å². The van der Waals surface area contributed by atoms with Crippen molar-refractivity contribution in [3.8, 4) is 0 Å². The highest BCUT2D eigenvalue weighted by molar-refractivity contribution is 5.54. The molecule has 1 atom stereocenters. The highest BCUT2D eigenvalue weighted by atomic mass is 15.3. The molecule has 0 spiro atoms. The first-order valence-corrected chi connectivity index (χ1v) is 6.47. The predicted molar refractivity (Wildman–Crippen MR) is 71.8 cm³/mol. The minimum absolute atomic E-state index is 0.407. The van der Waals surface area contributed by atoms with Crippen LogP contribution >= 0.6 is 0 Å². The second kappa shape index (κ2) is 4.44. The Morgan fingerprint density at radius 3 is 3.00 bits per heavy atom. The normalized spacial score (nSPS) is 18.5. The molecule has 0 bridgehead atoms. The Morgan fingerprint density at radius 1 is 1.33 bits per heavy atom. The number of hydrogen-bond donors (Lipinski definition) is 1. The quantitative estimate of drug-likeness (QED) is 0.880. The molecule has 1 aliphatic heterocycles. The molecule has 4 heteroatoms. The van der Waals surface area contributed by atoms with Gasteiger partial charge < -0.3 is 9.88 Å². The molecule has 1 N–H and O–H groups in total. The fourth-order valence-corrected chi connectivity index (χ4v) is 2.57. The summed E-state index contributed by atoms with van der Waals surface area (Å²) in [6.45, 7) is 5.26. The van der Waals surface area contributed by atoms with Crippen LogP contribution in [0, 0.1) is 0 Å². The van der Waals surface area contributed by atoms with Gasteiger partial charge in [0.1, 0.15) is 12.2 Å². The molecule has 2 aromatic rings. The summed E-state index contributed by atoms with van der Waals surface area (Å²) in [5.74, 6) is 1.50. The standard InChI is InChI=1S/C14H18N4/c1-10(2)18-9-16-17-14(18)12-7-11-5-3-4-6-13(11)15-8-12/h3-6,9-10,12,15H,7-8H2,1-2H3. The van der Waals surface area contributed by atoms with Crippen molar-refractivity contribution < 1.29 is 0 Å². The molecule has 0 saturated heterocycles. The predicted octanol–water partition coefficient (Wildman–Crippen LogP) is 2.61. The van der Waals surface area contributed by atoms with Gasteiger partial charge >= 0.3 is 0 Å². The molecule has 18 heavy (non-hydrogen) atoms. The highest BCUT2D eigenvalue weighted by Crippen LogP contribution is 2.30. The van der Waals surface area contributed by atoms with Crippen molar-refractivity contribution in [3.63, 3.8) is 0 Å². The molecule has 1 aromatic heterocycles. The lowest BCUT2D eigenvalue weighted by molar-refractivity contribution is 0.525. The minimum atomic E-state index is 0.407. The molecular weight excluding hydrogens is 224 g/mol. The summed E-state index contributed by atoms with van der Waals surface area (Å²) in [5.41, 5.74) is 2.62. The molecule has 4 nitrogen and oxygen atoms in total. The first kappa shape index (κ1) is 11.3. The van der Waals surface area contributed by atoms with Gasteiger partial charge in [0, 0.05) is 24.2 Å². The second-order valence-electron chi connectivity index (χ2n) is 5.13. The zero-order chi connectivity index (χ0) is 12.5. The zero-order valence-electron chi connectivity index (χ0n) is 10.8. The van der Waals surface area contributed by atoms with Gasteiger partial charge in [-0.2, -0.15) is 0 Å². The number of aromatic nitrogens is 3. The van der Waals surface area contributed by atoms with Gasteiger partial charge in [-0.25, -0.2) is 0 Å². The lowest BCUT2D eigenvalue weighted by atomic mass is 9.93. The zero-order valence-corrected chi connectivity index (χ0v) is 10.8. The van der Waals surface area contributed by atoms with Gasteiger partial charge in [0.15, 0.2) is 0 Å². The molecule has 2 heterocycles. The average Bonchev–Trinajstić information content (AvgIpc) is 2.87. The maximum Gasteiger partial charge on any atom is 0.138 e. The van der Waals surface area contributed by atoms with E-state index in [0.29, 0.717) is 12.0 Å². The summed E-state index contributed by atoms with van der Waals surface area (Å²) in [7, 11) is 0. The Kier molecular flexibility index (Phi) is 2.78. The van der Waals surface area contributed by atoms with Crippen LogP contribution in [0.5, 0.6) is 0 Å². The van der Waals surface area contributed by atoms with Gasteiger partial charge in [-0.1, -0.05) is 18.2 Å². The number of benzene rings is 1. The van der Waals surface area contributed by atoms with Crippen LogP contribution in [0.1, 0.15) is 37.2 Å². The van der Waals surface area contributed by atoms with Crippen LogP contribution in [0.3, 0.4) is 0 Å². The van der Waals surface area contributed by atoms with Crippen molar-refractivity contribution in [2.24, 2.45) is 0 Å². The van der Waals surface area contributed by atoms with Crippen molar-refractivity contribution >= 4 is 5.69 Å². The molecule has 1 unspecified atom stereocenters. The lowest BCUT2D eigenvalue weighted by Crippen LogP contribution is -2.24. The number of fused-ring (bicyclic) bond motifs is 1. The van der Waals surface area contributed by atoms with Crippen LogP contribution in [-0.4, -0.2) is 21.3 Å².